The summed E-state index contributed by atoms with van der Waals surface area (Å²) in [6.07, 6.45) is 6.84. The maximum Gasteiger partial charge on any atom is 0.249 e. The first-order valence-corrected chi connectivity index (χ1v) is 10.3. The molecule has 3 fully saturated rings. The Morgan fingerprint density at radius 3 is 2.43 bits per heavy atom. The second kappa shape index (κ2) is 8.83. The van der Waals surface area contributed by atoms with Gasteiger partial charge >= 0.3 is 0 Å². The highest BCUT2D eigenvalue weighted by molar-refractivity contribution is 6.01. The average Bonchev–Trinajstić information content (AvgIpc) is 2.72. The van der Waals surface area contributed by atoms with Crippen molar-refractivity contribution in [2.75, 3.05) is 56.0 Å². The molecular weight excluding hydrogens is 358 g/mol. The van der Waals surface area contributed by atoms with Crippen molar-refractivity contribution in [3.05, 3.63) is 12.4 Å². The Balaban J connectivity index is 1.25. The lowest BCUT2D eigenvalue weighted by Gasteiger charge is -2.37. The number of amides is 2. The first-order valence-electron chi connectivity index (χ1n) is 10.3. The standard InChI is InChI=1S/C19H29N7O2/c27-17-2-1-16(18(28)24-17)23-15-11-21-19(22-12-15)26-9-7-25(8-10-26)13-14-3-5-20-6-4-14/h11-12,14,16,20,23H,1-10,13H2,(H,24,27,28). The van der Waals surface area contributed by atoms with Crippen molar-refractivity contribution in [2.24, 2.45) is 5.92 Å². The highest BCUT2D eigenvalue weighted by Crippen LogP contribution is 2.18. The smallest absolute Gasteiger partial charge is 0.249 e. The molecule has 3 aliphatic rings. The van der Waals surface area contributed by atoms with E-state index < -0.39 is 6.04 Å². The van der Waals surface area contributed by atoms with Crippen LogP contribution in [0.2, 0.25) is 0 Å². The first-order chi connectivity index (χ1) is 13.7. The summed E-state index contributed by atoms with van der Waals surface area (Å²) >= 11 is 0. The second-order valence-electron chi connectivity index (χ2n) is 7.90. The molecule has 1 atom stereocenters. The van der Waals surface area contributed by atoms with E-state index in [0.29, 0.717) is 18.5 Å². The highest BCUT2D eigenvalue weighted by atomic mass is 16.2. The van der Waals surface area contributed by atoms with Crippen LogP contribution in [0.3, 0.4) is 0 Å². The summed E-state index contributed by atoms with van der Waals surface area (Å²) in [5.74, 6) is 1.05. The number of imide groups is 1. The normalized spacial score (nSPS) is 24.9. The molecule has 9 nitrogen and oxygen atoms in total. The van der Waals surface area contributed by atoms with Gasteiger partial charge in [0.05, 0.1) is 18.1 Å². The number of piperazine rings is 1. The Kier molecular flexibility index (Phi) is 6.01. The topological polar surface area (TPSA) is 102 Å². The molecule has 0 spiro atoms. The molecule has 4 heterocycles. The van der Waals surface area contributed by atoms with Gasteiger partial charge in [0.2, 0.25) is 17.8 Å². The number of anilines is 2. The lowest BCUT2D eigenvalue weighted by Crippen LogP contribution is -2.49. The summed E-state index contributed by atoms with van der Waals surface area (Å²) in [4.78, 5) is 36.8. The van der Waals surface area contributed by atoms with Crippen LogP contribution in [0.25, 0.3) is 0 Å². The average molecular weight is 387 g/mol. The molecule has 1 aromatic rings. The fourth-order valence-corrected chi connectivity index (χ4v) is 4.15. The molecule has 152 valence electrons. The number of rotatable bonds is 5. The monoisotopic (exact) mass is 387 g/mol. The fourth-order valence-electron chi connectivity index (χ4n) is 4.15. The van der Waals surface area contributed by atoms with Crippen LogP contribution >= 0.6 is 0 Å². The van der Waals surface area contributed by atoms with E-state index in [0.717, 1.165) is 51.1 Å². The minimum Gasteiger partial charge on any atom is -0.371 e. The van der Waals surface area contributed by atoms with E-state index in [4.69, 9.17) is 0 Å². The molecule has 3 N–H and O–H groups in total. The third-order valence-electron chi connectivity index (χ3n) is 5.85. The Bertz CT molecular complexity index is 682. The maximum absolute atomic E-state index is 11.8. The van der Waals surface area contributed by atoms with Crippen molar-refractivity contribution in [1.29, 1.82) is 0 Å². The van der Waals surface area contributed by atoms with Crippen molar-refractivity contribution < 1.29 is 9.59 Å². The zero-order valence-electron chi connectivity index (χ0n) is 16.2. The van der Waals surface area contributed by atoms with Gasteiger partial charge in [-0.3, -0.25) is 19.8 Å². The molecule has 1 unspecified atom stereocenters. The number of carbonyl (C=O) groups is 2. The molecule has 0 aromatic carbocycles. The molecule has 9 heteroatoms. The van der Waals surface area contributed by atoms with E-state index in [1.807, 2.05) is 0 Å². The molecule has 0 aliphatic carbocycles. The third kappa shape index (κ3) is 4.77. The largest absolute Gasteiger partial charge is 0.371 e. The summed E-state index contributed by atoms with van der Waals surface area (Å²) in [7, 11) is 0. The lowest BCUT2D eigenvalue weighted by atomic mass is 9.97. The summed E-state index contributed by atoms with van der Waals surface area (Å²) in [6.45, 7) is 7.46. The van der Waals surface area contributed by atoms with Crippen LogP contribution < -0.4 is 20.9 Å². The van der Waals surface area contributed by atoms with E-state index in [-0.39, 0.29) is 11.8 Å². The van der Waals surface area contributed by atoms with Gasteiger partial charge in [-0.15, -0.1) is 0 Å². The molecule has 1 aromatic heterocycles. The van der Waals surface area contributed by atoms with E-state index in [1.54, 1.807) is 12.4 Å². The van der Waals surface area contributed by atoms with Gasteiger partial charge in [0.15, 0.2) is 0 Å². The lowest BCUT2D eigenvalue weighted by molar-refractivity contribution is -0.133. The van der Waals surface area contributed by atoms with Gasteiger partial charge in [-0.2, -0.15) is 0 Å². The van der Waals surface area contributed by atoms with Crippen LogP contribution in [-0.2, 0) is 9.59 Å². The Morgan fingerprint density at radius 2 is 1.75 bits per heavy atom. The minimum atomic E-state index is -0.411. The number of hydrogen-bond acceptors (Lipinski definition) is 8. The van der Waals surface area contributed by atoms with Crippen molar-refractivity contribution in [3.8, 4) is 0 Å². The summed E-state index contributed by atoms with van der Waals surface area (Å²) in [5, 5.41) is 8.89. The van der Waals surface area contributed by atoms with Crippen molar-refractivity contribution in [3.63, 3.8) is 0 Å². The van der Waals surface area contributed by atoms with Gasteiger partial charge in [-0.05, 0) is 38.3 Å². The zero-order chi connectivity index (χ0) is 19.3. The van der Waals surface area contributed by atoms with Crippen LogP contribution in [0.4, 0.5) is 11.6 Å². The molecule has 2 amide bonds. The summed E-state index contributed by atoms with van der Waals surface area (Å²) in [6, 6.07) is -0.411. The Labute approximate surface area is 165 Å². The van der Waals surface area contributed by atoms with Crippen molar-refractivity contribution in [1.82, 2.24) is 25.5 Å². The number of hydrogen-bond donors (Lipinski definition) is 3. The van der Waals surface area contributed by atoms with Gasteiger partial charge in [0.25, 0.3) is 0 Å². The highest BCUT2D eigenvalue weighted by Gasteiger charge is 2.27. The first kappa shape index (κ1) is 19.1. The molecule has 0 radical (unpaired) electrons. The summed E-state index contributed by atoms with van der Waals surface area (Å²) in [5.41, 5.74) is 0.697. The van der Waals surface area contributed by atoms with Gasteiger partial charge in [-0.25, -0.2) is 9.97 Å². The second-order valence-corrected chi connectivity index (χ2v) is 7.90. The maximum atomic E-state index is 11.8. The third-order valence-corrected chi connectivity index (χ3v) is 5.85. The Hall–Kier alpha value is -2.26. The number of aromatic nitrogens is 2. The predicted molar refractivity (Wildman–Crippen MR) is 106 cm³/mol. The number of piperidine rings is 2. The van der Waals surface area contributed by atoms with Crippen molar-refractivity contribution >= 4 is 23.5 Å². The molecule has 3 aliphatic heterocycles. The van der Waals surface area contributed by atoms with Gasteiger partial charge in [-0.1, -0.05) is 0 Å². The van der Waals surface area contributed by atoms with E-state index in [1.165, 1.54) is 19.4 Å². The van der Waals surface area contributed by atoms with E-state index in [9.17, 15) is 9.59 Å². The molecule has 0 saturated carbocycles. The van der Waals surface area contributed by atoms with Crippen LogP contribution in [0.1, 0.15) is 25.7 Å². The summed E-state index contributed by atoms with van der Waals surface area (Å²) < 4.78 is 0. The van der Waals surface area contributed by atoms with E-state index in [2.05, 4.69) is 35.7 Å². The minimum absolute atomic E-state index is 0.214. The zero-order valence-corrected chi connectivity index (χ0v) is 16.2. The Morgan fingerprint density at radius 1 is 1.04 bits per heavy atom. The molecule has 3 saturated heterocycles. The molecule has 4 rings (SSSR count). The van der Waals surface area contributed by atoms with Crippen molar-refractivity contribution in [2.45, 2.75) is 31.7 Å². The molecule has 0 bridgehead atoms. The van der Waals surface area contributed by atoms with Crippen LogP contribution in [0.15, 0.2) is 12.4 Å². The molecular formula is C19H29N7O2. The SMILES string of the molecule is O=C1CCC(Nc2cnc(N3CCN(CC4CCNCC4)CC3)nc2)C(=O)N1. The van der Waals surface area contributed by atoms with Gasteiger partial charge < -0.3 is 15.5 Å². The fraction of sp³-hybridized carbons (Fsp3) is 0.684. The van der Waals surface area contributed by atoms with E-state index >= 15 is 0 Å². The molecule has 28 heavy (non-hydrogen) atoms. The predicted octanol–water partition coefficient (Wildman–Crippen LogP) is -0.185. The van der Waals surface area contributed by atoms with Gasteiger partial charge in [0, 0.05) is 39.1 Å². The van der Waals surface area contributed by atoms with Crippen LogP contribution in [0.5, 0.6) is 0 Å². The van der Waals surface area contributed by atoms with Crippen LogP contribution in [-0.4, -0.2) is 78.5 Å². The number of carbonyl (C=O) groups excluding carboxylic acids is 2. The van der Waals surface area contributed by atoms with Gasteiger partial charge in [0.1, 0.15) is 6.04 Å². The number of nitrogens with zero attached hydrogens (tertiary/aromatic N) is 4. The number of nitrogens with one attached hydrogen (secondary N) is 3. The van der Waals surface area contributed by atoms with Crippen LogP contribution in [0, 0.1) is 5.92 Å². The quantitative estimate of drug-likeness (QED) is 0.598.